The molecule has 0 radical (unpaired) electrons. The van der Waals surface area contributed by atoms with Gasteiger partial charge in [0.25, 0.3) is 0 Å². The Balaban J connectivity index is 2.01. The van der Waals surface area contributed by atoms with Crippen LogP contribution < -0.4 is 16.2 Å². The molecule has 1 aromatic carbocycles. The molecule has 2 rings (SSSR count). The molecule has 1 aliphatic rings. The lowest BCUT2D eigenvalue weighted by Gasteiger charge is -2.25. The highest BCUT2D eigenvalue weighted by atomic mass is 32.2. The van der Waals surface area contributed by atoms with Crippen molar-refractivity contribution in [2.75, 3.05) is 17.6 Å². The monoisotopic (exact) mass is 299 g/mol. The summed E-state index contributed by atoms with van der Waals surface area (Å²) < 4.78 is 22.7. The number of benzene rings is 1. The van der Waals surface area contributed by atoms with Crippen LogP contribution in [0, 0.1) is 5.92 Å². The van der Waals surface area contributed by atoms with Crippen molar-refractivity contribution in [3.63, 3.8) is 0 Å². The van der Waals surface area contributed by atoms with Crippen LogP contribution in [-0.4, -0.2) is 26.2 Å². The van der Waals surface area contributed by atoms with Crippen molar-refractivity contribution in [2.45, 2.75) is 36.7 Å². The van der Waals surface area contributed by atoms with Crippen molar-refractivity contribution in [1.29, 1.82) is 0 Å². The number of aliphatic hydroxyl groups excluding tert-OH is 1. The topological polar surface area (TPSA) is 118 Å². The molecule has 6 N–H and O–H groups in total. The Hall–Kier alpha value is -1.31. The minimum absolute atomic E-state index is 0.0130. The van der Waals surface area contributed by atoms with Crippen LogP contribution >= 0.6 is 0 Å². The van der Waals surface area contributed by atoms with Crippen molar-refractivity contribution < 1.29 is 13.5 Å². The highest BCUT2D eigenvalue weighted by Gasteiger charge is 2.19. The Bertz CT molecular complexity index is 566. The fourth-order valence-corrected chi connectivity index (χ4v) is 3.09. The lowest BCUT2D eigenvalue weighted by molar-refractivity contribution is 0.111. The quantitative estimate of drug-likeness (QED) is 0.615. The van der Waals surface area contributed by atoms with E-state index in [9.17, 15) is 13.5 Å². The van der Waals surface area contributed by atoms with Crippen LogP contribution in [0.15, 0.2) is 23.1 Å². The molecule has 0 saturated heterocycles. The lowest BCUT2D eigenvalue weighted by atomic mass is 9.87. The fraction of sp³-hybridized carbons (Fsp3) is 0.538. The molecule has 0 aromatic heterocycles. The number of nitrogen functional groups attached to an aromatic ring is 1. The zero-order valence-corrected chi connectivity index (χ0v) is 12.1. The van der Waals surface area contributed by atoms with Crippen LogP contribution in [0.25, 0.3) is 0 Å². The average molecular weight is 299 g/mol. The molecule has 0 aliphatic heterocycles. The van der Waals surface area contributed by atoms with Crippen molar-refractivity contribution in [3.8, 4) is 0 Å². The Morgan fingerprint density at radius 2 is 1.85 bits per heavy atom. The maximum Gasteiger partial charge on any atom is 0.238 e. The maximum absolute atomic E-state index is 11.3. The Kier molecular flexibility index (Phi) is 4.52. The number of primary sulfonamides is 1. The number of rotatable bonds is 4. The van der Waals surface area contributed by atoms with Gasteiger partial charge in [0.1, 0.15) is 0 Å². The van der Waals surface area contributed by atoms with Gasteiger partial charge in [-0.05, 0) is 49.8 Å². The third-order valence-corrected chi connectivity index (χ3v) is 4.56. The van der Waals surface area contributed by atoms with Gasteiger partial charge in [-0.15, -0.1) is 0 Å². The minimum atomic E-state index is -3.75. The van der Waals surface area contributed by atoms with Gasteiger partial charge >= 0.3 is 0 Å². The summed E-state index contributed by atoms with van der Waals surface area (Å²) in [6, 6.07) is 4.52. The number of hydrogen-bond donors (Lipinski definition) is 4. The Morgan fingerprint density at radius 1 is 1.20 bits per heavy atom. The third kappa shape index (κ3) is 4.09. The van der Waals surface area contributed by atoms with Gasteiger partial charge in [0.15, 0.2) is 0 Å². The van der Waals surface area contributed by atoms with E-state index in [1.807, 2.05) is 0 Å². The summed E-state index contributed by atoms with van der Waals surface area (Å²) in [5.74, 6) is 0.484. The van der Waals surface area contributed by atoms with Crippen LogP contribution in [0.1, 0.15) is 25.7 Å². The SMILES string of the molecule is Nc1cc(NCC2CCC(O)CC2)cc(S(N)(=O)=O)c1. The van der Waals surface area contributed by atoms with Gasteiger partial charge < -0.3 is 16.2 Å². The molecule has 112 valence electrons. The molecule has 0 amide bonds. The van der Waals surface area contributed by atoms with E-state index < -0.39 is 10.0 Å². The molecule has 20 heavy (non-hydrogen) atoms. The largest absolute Gasteiger partial charge is 0.399 e. The van der Waals surface area contributed by atoms with Crippen LogP contribution in [0.3, 0.4) is 0 Å². The number of anilines is 2. The van der Waals surface area contributed by atoms with E-state index in [2.05, 4.69) is 5.32 Å². The van der Waals surface area contributed by atoms with Gasteiger partial charge in [0.2, 0.25) is 10.0 Å². The van der Waals surface area contributed by atoms with Gasteiger partial charge in [-0.1, -0.05) is 0 Å². The first-order valence-electron chi connectivity index (χ1n) is 6.70. The fourth-order valence-electron chi connectivity index (χ4n) is 2.50. The second-order valence-electron chi connectivity index (χ2n) is 5.39. The second kappa shape index (κ2) is 5.99. The molecule has 0 atom stereocenters. The molecule has 6 nitrogen and oxygen atoms in total. The summed E-state index contributed by atoms with van der Waals surface area (Å²) in [5.41, 5.74) is 6.70. The van der Waals surface area contributed by atoms with E-state index in [0.717, 1.165) is 32.2 Å². The lowest BCUT2D eigenvalue weighted by Crippen LogP contribution is -2.23. The van der Waals surface area contributed by atoms with Crippen LogP contribution in [0.4, 0.5) is 11.4 Å². The van der Waals surface area contributed by atoms with Crippen LogP contribution in [0.5, 0.6) is 0 Å². The zero-order chi connectivity index (χ0) is 14.8. The Labute approximate surface area is 119 Å². The molecule has 1 aliphatic carbocycles. The average Bonchev–Trinajstić information content (AvgIpc) is 2.36. The molecule has 1 fully saturated rings. The summed E-state index contributed by atoms with van der Waals surface area (Å²) in [6.07, 6.45) is 3.42. The van der Waals surface area contributed by atoms with Crippen molar-refractivity contribution in [1.82, 2.24) is 0 Å². The van der Waals surface area contributed by atoms with Gasteiger partial charge in [0.05, 0.1) is 11.0 Å². The van der Waals surface area contributed by atoms with Crippen LogP contribution in [-0.2, 0) is 10.0 Å². The van der Waals surface area contributed by atoms with Crippen molar-refractivity contribution in [3.05, 3.63) is 18.2 Å². The molecule has 1 saturated carbocycles. The summed E-state index contributed by atoms with van der Waals surface area (Å²) in [4.78, 5) is 0.0130. The first kappa shape index (κ1) is 15.1. The molecular formula is C13H21N3O3S. The summed E-state index contributed by atoms with van der Waals surface area (Å²) in [7, 11) is -3.75. The van der Waals surface area contributed by atoms with E-state index >= 15 is 0 Å². The molecule has 0 heterocycles. The van der Waals surface area contributed by atoms with E-state index in [1.165, 1.54) is 12.1 Å². The van der Waals surface area contributed by atoms with E-state index in [1.54, 1.807) is 6.07 Å². The minimum Gasteiger partial charge on any atom is -0.399 e. The van der Waals surface area contributed by atoms with E-state index in [-0.39, 0.29) is 11.0 Å². The summed E-state index contributed by atoms with van der Waals surface area (Å²) in [5, 5.41) is 17.8. The molecule has 0 unspecified atom stereocenters. The third-order valence-electron chi connectivity index (χ3n) is 3.67. The van der Waals surface area contributed by atoms with E-state index in [4.69, 9.17) is 10.9 Å². The molecule has 0 bridgehead atoms. The first-order chi connectivity index (χ1) is 9.34. The molecule has 7 heteroatoms. The maximum atomic E-state index is 11.3. The number of hydrogen-bond acceptors (Lipinski definition) is 5. The van der Waals surface area contributed by atoms with Crippen molar-refractivity contribution >= 4 is 21.4 Å². The predicted octanol–water partition coefficient (Wildman–Crippen LogP) is 0.879. The van der Waals surface area contributed by atoms with E-state index in [0.29, 0.717) is 17.3 Å². The zero-order valence-electron chi connectivity index (χ0n) is 11.2. The van der Waals surface area contributed by atoms with Gasteiger partial charge in [-0.25, -0.2) is 13.6 Å². The highest BCUT2D eigenvalue weighted by Crippen LogP contribution is 2.25. The van der Waals surface area contributed by atoms with Crippen LogP contribution in [0.2, 0.25) is 0 Å². The van der Waals surface area contributed by atoms with Gasteiger partial charge in [-0.2, -0.15) is 0 Å². The number of nitrogens with one attached hydrogen (secondary N) is 1. The highest BCUT2D eigenvalue weighted by molar-refractivity contribution is 7.89. The second-order valence-corrected chi connectivity index (χ2v) is 6.95. The molecule has 0 spiro atoms. The number of nitrogens with two attached hydrogens (primary N) is 2. The Morgan fingerprint density at radius 3 is 2.45 bits per heavy atom. The number of aliphatic hydroxyl groups is 1. The molecular weight excluding hydrogens is 278 g/mol. The summed E-state index contributed by atoms with van der Waals surface area (Å²) >= 11 is 0. The first-order valence-corrected chi connectivity index (χ1v) is 8.24. The summed E-state index contributed by atoms with van der Waals surface area (Å²) in [6.45, 7) is 0.736. The predicted molar refractivity (Wildman–Crippen MR) is 78.7 cm³/mol. The van der Waals surface area contributed by atoms with Crippen molar-refractivity contribution in [2.24, 2.45) is 11.1 Å². The van der Waals surface area contributed by atoms with Gasteiger partial charge in [-0.3, -0.25) is 0 Å². The standard InChI is InChI=1S/C13H21N3O3S/c14-10-5-11(7-13(6-10)20(15,18)19)16-8-9-1-3-12(17)4-2-9/h5-7,9,12,16-17H,1-4,8,14H2,(H2,15,18,19). The number of sulfonamides is 1. The normalized spacial score (nSPS) is 23.5. The van der Waals surface area contributed by atoms with Gasteiger partial charge in [0, 0.05) is 17.9 Å². The molecule has 1 aromatic rings. The smallest absolute Gasteiger partial charge is 0.238 e.